The van der Waals surface area contributed by atoms with E-state index < -0.39 is 0 Å². The van der Waals surface area contributed by atoms with Gasteiger partial charge in [-0.05, 0) is 126 Å². The Balaban J connectivity index is 1.80. The summed E-state index contributed by atoms with van der Waals surface area (Å²) in [4.78, 5) is 27.5. The molecule has 8 aromatic carbocycles. The second-order valence-corrected chi connectivity index (χ2v) is 12.5. The molecule has 2 nitrogen and oxygen atoms in total. The number of hydrogen-bond donors (Lipinski definition) is 0. The van der Waals surface area contributed by atoms with E-state index in [1.807, 2.05) is 54.6 Å². The fourth-order valence-electron chi connectivity index (χ4n) is 6.12. The van der Waals surface area contributed by atoms with E-state index >= 15 is 0 Å². The first kappa shape index (κ1) is 21.7. The molecule has 8 rings (SSSR count). The third-order valence-electron chi connectivity index (χ3n) is 7.58. The van der Waals surface area contributed by atoms with E-state index in [1.54, 1.807) is 0 Å². The fourth-order valence-corrected chi connectivity index (χ4v) is 8.47. The highest BCUT2D eigenvalue weighted by Crippen LogP contribution is 2.49. The van der Waals surface area contributed by atoms with Gasteiger partial charge in [-0.3, -0.25) is 9.59 Å². The highest BCUT2D eigenvalue weighted by atomic mass is 79.9. The highest BCUT2D eigenvalue weighted by molar-refractivity contribution is 9.14. The highest BCUT2D eigenvalue weighted by Gasteiger charge is 2.24. The van der Waals surface area contributed by atoms with Crippen molar-refractivity contribution in [1.82, 2.24) is 0 Å². The molecule has 170 valence electrons. The first-order valence-electron chi connectivity index (χ1n) is 11.2. The van der Waals surface area contributed by atoms with Crippen LogP contribution in [0.4, 0.5) is 0 Å². The first-order chi connectivity index (χ1) is 17.4. The Labute approximate surface area is 236 Å². The van der Waals surface area contributed by atoms with Gasteiger partial charge in [-0.1, -0.05) is 36.4 Å². The zero-order valence-corrected chi connectivity index (χ0v) is 24.4. The Hall–Kier alpha value is -2.38. The smallest absolute Gasteiger partial charge is 0.195 e. The summed E-state index contributed by atoms with van der Waals surface area (Å²) in [6.45, 7) is 0. The number of hydrogen-bond acceptors (Lipinski definition) is 2. The number of fused-ring (bicyclic) bond motifs is 4. The zero-order valence-electron chi connectivity index (χ0n) is 18.1. The van der Waals surface area contributed by atoms with Crippen LogP contribution in [0.5, 0.6) is 0 Å². The Morgan fingerprint density at radius 3 is 1.86 bits per heavy atom. The van der Waals surface area contributed by atoms with Crippen molar-refractivity contribution in [1.29, 1.82) is 0 Å². The van der Waals surface area contributed by atoms with E-state index in [1.165, 1.54) is 0 Å². The summed E-state index contributed by atoms with van der Waals surface area (Å²) in [5, 5.41) is 12.7. The van der Waals surface area contributed by atoms with Crippen molar-refractivity contribution in [3.05, 3.63) is 99.0 Å². The molecule has 36 heavy (non-hydrogen) atoms. The summed E-state index contributed by atoms with van der Waals surface area (Å²) >= 11 is 14.8. The second kappa shape index (κ2) is 7.13. The number of rotatable bonds is 0. The summed E-state index contributed by atoms with van der Waals surface area (Å²) < 4.78 is 3.37. The van der Waals surface area contributed by atoms with Crippen molar-refractivity contribution in [3.8, 4) is 0 Å². The third-order valence-corrected chi connectivity index (χ3v) is 11.7. The van der Waals surface area contributed by atoms with Gasteiger partial charge in [-0.25, -0.2) is 0 Å². The lowest BCUT2D eigenvalue weighted by Crippen LogP contribution is -2.07. The molecule has 0 aliphatic rings. The fraction of sp³-hybridized carbons (Fsp3) is 0. The van der Waals surface area contributed by atoms with Crippen LogP contribution in [-0.4, -0.2) is 0 Å². The average molecular weight is 722 g/mol. The standard InChI is InChI=1S/C30H10Br4O2/c31-19-10-18-17-9-11-5-6-16-23-20(11)22-14(26(32)24(23)12-3-1-2-4-13(12)29(16)35)7-8-15(21(17)22)30(36)25(18)28(34)27(19)33/h1-10H. The maximum Gasteiger partial charge on any atom is 0.195 e. The SMILES string of the molecule is O=c1c2ccccc2c2c(Br)c3ccc4c(=O)c5c(Br)c(Br)c(Br)cc5c5cc6ccc1c2c6c3c45. The van der Waals surface area contributed by atoms with Gasteiger partial charge in [-0.2, -0.15) is 0 Å². The third kappa shape index (κ3) is 2.42. The van der Waals surface area contributed by atoms with E-state index in [0.29, 0.717) is 16.2 Å². The summed E-state index contributed by atoms with van der Waals surface area (Å²) in [5.41, 5.74) is 0.0233. The van der Waals surface area contributed by atoms with Crippen LogP contribution in [0.2, 0.25) is 0 Å². The lowest BCUT2D eigenvalue weighted by molar-refractivity contribution is 1.60. The molecule has 0 aliphatic heterocycles. The normalized spacial score (nSPS) is 12.7. The lowest BCUT2D eigenvalue weighted by Gasteiger charge is -2.20. The second-order valence-electron chi connectivity index (χ2n) is 9.22. The van der Waals surface area contributed by atoms with Gasteiger partial charge in [0, 0.05) is 55.6 Å². The minimum absolute atomic E-state index is 0.0133. The molecular formula is C30H10Br4O2. The van der Waals surface area contributed by atoms with Crippen LogP contribution in [0, 0.1) is 0 Å². The van der Waals surface area contributed by atoms with Gasteiger partial charge < -0.3 is 0 Å². The van der Waals surface area contributed by atoms with Crippen molar-refractivity contribution >= 4 is 139 Å². The molecule has 0 unspecified atom stereocenters. The summed E-state index contributed by atoms with van der Waals surface area (Å²) in [6, 6.07) is 20.0. The molecule has 8 aromatic rings. The van der Waals surface area contributed by atoms with Gasteiger partial charge in [0.25, 0.3) is 0 Å². The molecule has 0 saturated heterocycles. The van der Waals surface area contributed by atoms with E-state index in [0.717, 1.165) is 77.1 Å². The maximum absolute atomic E-state index is 13.9. The van der Waals surface area contributed by atoms with Gasteiger partial charge in [0.1, 0.15) is 0 Å². The van der Waals surface area contributed by atoms with Gasteiger partial charge in [-0.15, -0.1) is 0 Å². The van der Waals surface area contributed by atoms with Crippen LogP contribution in [-0.2, 0) is 0 Å². The van der Waals surface area contributed by atoms with E-state index in [2.05, 4.69) is 69.8 Å². The molecule has 0 radical (unpaired) electrons. The van der Waals surface area contributed by atoms with Crippen molar-refractivity contribution < 1.29 is 0 Å². The van der Waals surface area contributed by atoms with Crippen molar-refractivity contribution in [2.24, 2.45) is 0 Å². The molecule has 0 heterocycles. The summed E-state index contributed by atoms with van der Waals surface area (Å²) in [5.74, 6) is 0. The van der Waals surface area contributed by atoms with E-state index in [4.69, 9.17) is 0 Å². The number of benzene rings is 8. The monoisotopic (exact) mass is 718 g/mol. The predicted octanol–water partition coefficient (Wildman–Crippen LogP) is 9.84. The summed E-state index contributed by atoms with van der Waals surface area (Å²) in [6.07, 6.45) is 0. The minimum atomic E-state index is -0.0133. The molecule has 6 heteroatoms. The van der Waals surface area contributed by atoms with Crippen LogP contribution >= 0.6 is 63.7 Å². The van der Waals surface area contributed by atoms with Crippen LogP contribution in [0.3, 0.4) is 0 Å². The average Bonchev–Trinajstić information content (AvgIpc) is 2.89. The molecule has 0 bridgehead atoms. The van der Waals surface area contributed by atoms with Crippen LogP contribution < -0.4 is 10.9 Å². The van der Waals surface area contributed by atoms with Crippen molar-refractivity contribution in [3.63, 3.8) is 0 Å². The molecule has 0 saturated carbocycles. The lowest BCUT2D eigenvalue weighted by atomic mass is 9.84. The Morgan fingerprint density at radius 1 is 0.417 bits per heavy atom. The van der Waals surface area contributed by atoms with Gasteiger partial charge in [0.05, 0.1) is 0 Å². The Morgan fingerprint density at radius 2 is 1.06 bits per heavy atom. The number of halogens is 4. The molecule has 0 aliphatic carbocycles. The quantitative estimate of drug-likeness (QED) is 0.0888. The van der Waals surface area contributed by atoms with E-state index in [9.17, 15) is 9.59 Å². The molecular weight excluding hydrogens is 712 g/mol. The van der Waals surface area contributed by atoms with Gasteiger partial charge in [0.2, 0.25) is 0 Å². The molecule has 0 atom stereocenters. The zero-order chi connectivity index (χ0) is 24.6. The van der Waals surface area contributed by atoms with Gasteiger partial charge >= 0.3 is 0 Å². The maximum atomic E-state index is 13.9. The largest absolute Gasteiger partial charge is 0.289 e. The molecule has 0 fully saturated rings. The summed E-state index contributed by atoms with van der Waals surface area (Å²) in [7, 11) is 0. The van der Waals surface area contributed by atoms with Crippen LogP contribution in [0.25, 0.3) is 75.4 Å². The topological polar surface area (TPSA) is 34.1 Å². The molecule has 0 spiro atoms. The van der Waals surface area contributed by atoms with E-state index in [-0.39, 0.29) is 10.9 Å². The van der Waals surface area contributed by atoms with Gasteiger partial charge in [0.15, 0.2) is 10.9 Å². The van der Waals surface area contributed by atoms with Crippen molar-refractivity contribution in [2.45, 2.75) is 0 Å². The van der Waals surface area contributed by atoms with Crippen molar-refractivity contribution in [2.75, 3.05) is 0 Å². The first-order valence-corrected chi connectivity index (χ1v) is 14.4. The predicted molar refractivity (Wildman–Crippen MR) is 166 cm³/mol. The minimum Gasteiger partial charge on any atom is -0.289 e. The molecule has 0 N–H and O–H groups in total. The Bertz CT molecular complexity index is 2400. The van der Waals surface area contributed by atoms with Crippen LogP contribution in [0.15, 0.2) is 88.1 Å². The molecule has 0 aromatic heterocycles. The van der Waals surface area contributed by atoms with Crippen LogP contribution in [0.1, 0.15) is 0 Å². The molecule has 0 amide bonds. The Kier molecular flexibility index (Phi) is 4.30.